The summed E-state index contributed by atoms with van der Waals surface area (Å²) in [6, 6.07) is 11.9. The average Bonchev–Trinajstić information content (AvgIpc) is 3.43. The summed E-state index contributed by atoms with van der Waals surface area (Å²) in [4.78, 5) is 48.8. The van der Waals surface area contributed by atoms with Gasteiger partial charge in [-0.15, -0.1) is 0 Å². The zero-order valence-corrected chi connectivity index (χ0v) is 23.3. The second-order valence-electron chi connectivity index (χ2n) is 10.7. The molecule has 3 heterocycles. The number of fused-ring (bicyclic) bond motifs is 1. The average molecular weight is 591 g/mol. The Bertz CT molecular complexity index is 1670. The van der Waals surface area contributed by atoms with Crippen molar-refractivity contribution in [2.45, 2.75) is 64.8 Å². The lowest BCUT2D eigenvalue weighted by molar-refractivity contribution is -0.139. The first kappa shape index (κ1) is 29.3. The van der Waals surface area contributed by atoms with Crippen LogP contribution in [0.15, 0.2) is 54.9 Å². The van der Waals surface area contributed by atoms with Crippen LogP contribution >= 0.6 is 11.6 Å². The third-order valence-electron chi connectivity index (χ3n) is 7.78. The van der Waals surface area contributed by atoms with E-state index in [4.69, 9.17) is 11.6 Å². The molecule has 4 aromatic rings. The zero-order chi connectivity index (χ0) is 28.8. The summed E-state index contributed by atoms with van der Waals surface area (Å²) in [5, 5.41) is 8.64. The van der Waals surface area contributed by atoms with Gasteiger partial charge in [-0.05, 0) is 42.7 Å². The molecule has 2 amide bonds. The highest BCUT2D eigenvalue weighted by molar-refractivity contribution is 6.31. The summed E-state index contributed by atoms with van der Waals surface area (Å²) >= 11 is 6.31. The van der Waals surface area contributed by atoms with Crippen LogP contribution in [-0.4, -0.2) is 67.0 Å². The number of rotatable bonds is 7. The third kappa shape index (κ3) is 5.63. The van der Waals surface area contributed by atoms with E-state index in [1.54, 1.807) is 25.4 Å². The molecule has 11 heteroatoms. The van der Waals surface area contributed by atoms with Crippen molar-refractivity contribution in [3.05, 3.63) is 77.0 Å². The minimum atomic E-state index is -1.31. The standard InChI is InChI=1S/C30H28ClFN6O3.CH4/c1-16(39)29-23-9-18(19-12-33-17(2)34-13-19)7-8-26(23)38(36-29)15-28(40)37-14-20(32)10-27(37)30(41)35-25-11-22(25)21-5-3-4-6-24(21)31;/h3-9,12-13,20,22,25,27H,10-11,14-15H2,1-2H3,(H,35,41);1H4/t20-,22-,25+,27+;/m1./s1. The number of aromatic nitrogens is 4. The van der Waals surface area contributed by atoms with E-state index in [1.807, 2.05) is 36.4 Å². The van der Waals surface area contributed by atoms with Crippen molar-refractivity contribution in [3.63, 3.8) is 0 Å². The minimum Gasteiger partial charge on any atom is -0.351 e. The molecule has 2 aromatic heterocycles. The molecule has 0 spiro atoms. The number of aryl methyl sites for hydroxylation is 1. The van der Waals surface area contributed by atoms with Crippen molar-refractivity contribution >= 4 is 40.1 Å². The molecular formula is C31H32ClFN6O3. The van der Waals surface area contributed by atoms with E-state index >= 15 is 0 Å². The molecule has 2 aromatic carbocycles. The number of nitrogens with one attached hydrogen (secondary N) is 1. The summed E-state index contributed by atoms with van der Waals surface area (Å²) in [7, 11) is 0. The van der Waals surface area contributed by atoms with Crippen LogP contribution < -0.4 is 5.32 Å². The number of likely N-dealkylation sites (tertiary alicyclic amines) is 1. The first-order valence-corrected chi connectivity index (χ1v) is 13.9. The Balaban J connectivity index is 0.00000353. The summed E-state index contributed by atoms with van der Waals surface area (Å²) in [5.74, 6) is -0.334. The van der Waals surface area contributed by atoms with E-state index in [0.717, 1.165) is 23.1 Å². The molecule has 42 heavy (non-hydrogen) atoms. The van der Waals surface area contributed by atoms with Gasteiger partial charge in [0.05, 0.1) is 12.1 Å². The Morgan fingerprint density at radius 3 is 2.52 bits per heavy atom. The van der Waals surface area contributed by atoms with Crippen molar-refractivity contribution in [2.24, 2.45) is 0 Å². The topological polar surface area (TPSA) is 110 Å². The number of halogens is 2. The lowest BCUT2D eigenvalue weighted by Gasteiger charge is -2.24. The van der Waals surface area contributed by atoms with Gasteiger partial charge in [-0.3, -0.25) is 19.1 Å². The molecule has 6 rings (SSSR count). The maximum Gasteiger partial charge on any atom is 0.245 e. The summed E-state index contributed by atoms with van der Waals surface area (Å²) in [6.07, 6.45) is 2.76. The molecule has 218 valence electrons. The Morgan fingerprint density at radius 2 is 1.81 bits per heavy atom. The predicted molar refractivity (Wildman–Crippen MR) is 158 cm³/mol. The molecule has 1 aliphatic carbocycles. The maximum absolute atomic E-state index is 14.6. The number of carbonyl (C=O) groups is 3. The highest BCUT2D eigenvalue weighted by Crippen LogP contribution is 2.43. The van der Waals surface area contributed by atoms with Gasteiger partial charge >= 0.3 is 0 Å². The normalized spacial score (nSPS) is 21.2. The monoisotopic (exact) mass is 590 g/mol. The number of Topliss-reactive ketones (excluding diaryl/α,β-unsaturated/α-hetero) is 1. The van der Waals surface area contributed by atoms with Crippen LogP contribution in [0.3, 0.4) is 0 Å². The van der Waals surface area contributed by atoms with Gasteiger partial charge in [0.1, 0.15) is 30.3 Å². The number of hydrogen-bond donors (Lipinski definition) is 1. The van der Waals surface area contributed by atoms with Crippen molar-refractivity contribution in [1.29, 1.82) is 0 Å². The summed E-state index contributed by atoms with van der Waals surface area (Å²) in [6.45, 7) is 2.80. The molecule has 1 aliphatic heterocycles. The summed E-state index contributed by atoms with van der Waals surface area (Å²) < 4.78 is 16.0. The molecule has 1 saturated heterocycles. The van der Waals surface area contributed by atoms with Crippen LogP contribution in [0.4, 0.5) is 4.39 Å². The zero-order valence-electron chi connectivity index (χ0n) is 22.6. The van der Waals surface area contributed by atoms with Gasteiger partial charge in [0.2, 0.25) is 11.8 Å². The maximum atomic E-state index is 14.6. The fourth-order valence-corrected chi connectivity index (χ4v) is 5.84. The van der Waals surface area contributed by atoms with Gasteiger partial charge in [0, 0.05) is 53.7 Å². The van der Waals surface area contributed by atoms with Crippen LogP contribution in [0.5, 0.6) is 0 Å². The number of carbonyl (C=O) groups excluding carboxylic acids is 3. The van der Waals surface area contributed by atoms with Gasteiger partial charge < -0.3 is 10.2 Å². The fourth-order valence-electron chi connectivity index (χ4n) is 5.56. The highest BCUT2D eigenvalue weighted by atomic mass is 35.5. The largest absolute Gasteiger partial charge is 0.351 e. The van der Waals surface area contributed by atoms with E-state index in [1.165, 1.54) is 16.5 Å². The van der Waals surface area contributed by atoms with E-state index in [0.29, 0.717) is 21.7 Å². The SMILES string of the molecule is C.CC(=O)c1nn(CC(=O)N2C[C@H](F)C[C@H]2C(=O)N[C@H]2C[C@@H]2c2ccccc2Cl)c2ccc(-c3cnc(C)nc3)cc12. The predicted octanol–water partition coefficient (Wildman–Crippen LogP) is 4.91. The van der Waals surface area contributed by atoms with Crippen LogP contribution in [0.2, 0.25) is 5.02 Å². The number of nitrogens with zero attached hydrogens (tertiary/aromatic N) is 5. The minimum absolute atomic E-state index is 0. The van der Waals surface area contributed by atoms with Crippen molar-refractivity contribution in [3.8, 4) is 11.1 Å². The van der Waals surface area contributed by atoms with Crippen molar-refractivity contribution in [1.82, 2.24) is 30.0 Å². The first-order valence-electron chi connectivity index (χ1n) is 13.5. The Hall–Kier alpha value is -4.18. The Morgan fingerprint density at radius 1 is 1.07 bits per heavy atom. The van der Waals surface area contributed by atoms with Crippen molar-refractivity contribution < 1.29 is 18.8 Å². The highest BCUT2D eigenvalue weighted by Gasteiger charge is 2.45. The van der Waals surface area contributed by atoms with Crippen molar-refractivity contribution in [2.75, 3.05) is 6.54 Å². The smallest absolute Gasteiger partial charge is 0.245 e. The molecule has 1 saturated carbocycles. The first-order chi connectivity index (χ1) is 19.7. The van der Waals surface area contributed by atoms with E-state index in [2.05, 4.69) is 20.4 Å². The van der Waals surface area contributed by atoms with Crippen LogP contribution in [-0.2, 0) is 16.1 Å². The Labute approximate surface area is 248 Å². The number of benzene rings is 2. The van der Waals surface area contributed by atoms with Gasteiger partial charge in [-0.25, -0.2) is 14.4 Å². The molecule has 0 unspecified atom stereocenters. The second kappa shape index (κ2) is 11.6. The quantitative estimate of drug-likeness (QED) is 0.306. The van der Waals surface area contributed by atoms with Crippen LogP contribution in [0.25, 0.3) is 22.0 Å². The molecule has 4 atom stereocenters. The van der Waals surface area contributed by atoms with Gasteiger partial charge in [0.25, 0.3) is 0 Å². The lowest BCUT2D eigenvalue weighted by atomic mass is 10.0. The number of ketones is 1. The number of hydrogen-bond acceptors (Lipinski definition) is 6. The molecule has 0 radical (unpaired) electrons. The second-order valence-corrected chi connectivity index (χ2v) is 11.1. The van der Waals surface area contributed by atoms with Gasteiger partial charge in [-0.2, -0.15) is 5.10 Å². The van der Waals surface area contributed by atoms with Crippen LogP contribution in [0, 0.1) is 6.92 Å². The van der Waals surface area contributed by atoms with Gasteiger partial charge in [-0.1, -0.05) is 43.3 Å². The lowest BCUT2D eigenvalue weighted by Crippen LogP contribution is -2.47. The van der Waals surface area contributed by atoms with E-state index in [9.17, 15) is 18.8 Å². The molecule has 9 nitrogen and oxygen atoms in total. The molecule has 2 fully saturated rings. The third-order valence-corrected chi connectivity index (χ3v) is 8.12. The fraction of sp³-hybridized carbons (Fsp3) is 0.355. The summed E-state index contributed by atoms with van der Waals surface area (Å²) in [5.41, 5.74) is 3.35. The molecule has 1 N–H and O–H groups in total. The molecule has 2 aliphatic rings. The van der Waals surface area contributed by atoms with E-state index < -0.39 is 18.1 Å². The number of amides is 2. The molecule has 0 bridgehead atoms. The van der Waals surface area contributed by atoms with E-state index in [-0.39, 0.29) is 56.3 Å². The Kier molecular flexibility index (Phi) is 8.10. The van der Waals surface area contributed by atoms with Gasteiger partial charge in [0.15, 0.2) is 5.78 Å². The number of alkyl halides is 1. The van der Waals surface area contributed by atoms with Crippen LogP contribution in [0.1, 0.15) is 55.0 Å². The molecular weight excluding hydrogens is 559 g/mol.